The van der Waals surface area contributed by atoms with Gasteiger partial charge in [-0.1, -0.05) is 54.6 Å². The van der Waals surface area contributed by atoms with Gasteiger partial charge in [0.1, 0.15) is 0 Å². The lowest BCUT2D eigenvalue weighted by Gasteiger charge is -2.23. The Hall–Kier alpha value is -3.87. The lowest BCUT2D eigenvalue weighted by Crippen LogP contribution is -2.46. The Labute approximate surface area is 162 Å². The summed E-state index contributed by atoms with van der Waals surface area (Å²) in [6, 6.07) is 17.3. The first-order chi connectivity index (χ1) is 13.6. The zero-order chi connectivity index (χ0) is 19.8. The molecule has 7 heteroatoms. The minimum absolute atomic E-state index is 0.0349. The molecule has 0 aliphatic carbocycles. The molecule has 0 fully saturated rings. The van der Waals surface area contributed by atoms with Crippen molar-refractivity contribution in [2.24, 2.45) is 0 Å². The maximum absolute atomic E-state index is 12.3. The number of benzene rings is 2. The number of allylic oxidation sites excluding steroid dienone is 2. The highest BCUT2D eigenvalue weighted by Gasteiger charge is 2.18. The molecule has 1 aliphatic rings. The van der Waals surface area contributed by atoms with Crippen LogP contribution in [0, 0.1) is 0 Å². The molecule has 0 unspecified atom stereocenters. The van der Waals surface area contributed by atoms with Crippen LogP contribution in [0.2, 0.25) is 0 Å². The highest BCUT2D eigenvalue weighted by atomic mass is 16.2. The number of anilines is 1. The van der Waals surface area contributed by atoms with Crippen LogP contribution in [0.3, 0.4) is 0 Å². The van der Waals surface area contributed by atoms with Crippen molar-refractivity contribution in [1.29, 1.82) is 0 Å². The fourth-order valence-corrected chi connectivity index (χ4v) is 2.64. The number of nitrogens with one attached hydrogen (secondary N) is 3. The second-order valence-corrected chi connectivity index (χ2v) is 6.13. The summed E-state index contributed by atoms with van der Waals surface area (Å²) in [5.41, 5.74) is 6.34. The molecule has 0 saturated carbocycles. The number of hydrogen-bond donors (Lipinski definition) is 3. The standard InChI is InChI=1S/C21H20N4O3/c26-19(16-8-3-1-4-9-16)15-25-13-7-10-17(14-25)20(27)23-24-21(28)22-18-11-5-2-6-12-18/h1-13H,14-15H2,(H,23,27)(H2,22,24,28). The van der Waals surface area contributed by atoms with Crippen molar-refractivity contribution in [3.63, 3.8) is 0 Å². The number of urea groups is 1. The van der Waals surface area contributed by atoms with Crippen LogP contribution in [0.4, 0.5) is 10.5 Å². The third-order valence-electron chi connectivity index (χ3n) is 4.02. The molecule has 7 nitrogen and oxygen atoms in total. The van der Waals surface area contributed by atoms with Gasteiger partial charge in [0.05, 0.1) is 6.54 Å². The highest BCUT2D eigenvalue weighted by molar-refractivity contribution is 5.99. The van der Waals surface area contributed by atoms with E-state index in [0.717, 1.165) is 0 Å². The van der Waals surface area contributed by atoms with Gasteiger partial charge in [0.25, 0.3) is 5.91 Å². The monoisotopic (exact) mass is 376 g/mol. The van der Waals surface area contributed by atoms with E-state index in [4.69, 9.17) is 0 Å². The van der Waals surface area contributed by atoms with Gasteiger partial charge in [0, 0.05) is 23.4 Å². The maximum Gasteiger partial charge on any atom is 0.337 e. The number of carbonyl (C=O) groups is 3. The van der Waals surface area contributed by atoms with Gasteiger partial charge in [0.15, 0.2) is 5.78 Å². The van der Waals surface area contributed by atoms with Crippen LogP contribution in [0.1, 0.15) is 10.4 Å². The number of hydrazine groups is 1. The smallest absolute Gasteiger partial charge is 0.337 e. The number of nitrogens with zero attached hydrogens (tertiary/aromatic N) is 1. The predicted molar refractivity (Wildman–Crippen MR) is 106 cm³/mol. The van der Waals surface area contributed by atoms with Crippen molar-refractivity contribution < 1.29 is 14.4 Å². The summed E-state index contributed by atoms with van der Waals surface area (Å²) in [5, 5.41) is 2.60. The molecule has 0 spiro atoms. The Kier molecular flexibility index (Phi) is 6.20. The van der Waals surface area contributed by atoms with Crippen molar-refractivity contribution in [3.05, 3.63) is 90.2 Å². The van der Waals surface area contributed by atoms with Crippen molar-refractivity contribution in [3.8, 4) is 0 Å². The molecule has 1 aliphatic heterocycles. The Morgan fingerprint density at radius 1 is 0.893 bits per heavy atom. The zero-order valence-electron chi connectivity index (χ0n) is 15.1. The van der Waals surface area contributed by atoms with Gasteiger partial charge < -0.3 is 10.2 Å². The van der Waals surface area contributed by atoms with Gasteiger partial charge in [-0.3, -0.25) is 15.0 Å². The molecule has 0 radical (unpaired) electrons. The average Bonchev–Trinajstić information content (AvgIpc) is 2.73. The fourth-order valence-electron chi connectivity index (χ4n) is 2.64. The second-order valence-electron chi connectivity index (χ2n) is 6.13. The van der Waals surface area contributed by atoms with E-state index in [0.29, 0.717) is 16.8 Å². The van der Waals surface area contributed by atoms with E-state index < -0.39 is 11.9 Å². The molecule has 3 rings (SSSR count). The van der Waals surface area contributed by atoms with Gasteiger partial charge in [0.2, 0.25) is 0 Å². The average molecular weight is 376 g/mol. The fraction of sp³-hybridized carbons (Fsp3) is 0.0952. The summed E-state index contributed by atoms with van der Waals surface area (Å²) >= 11 is 0. The molecule has 142 valence electrons. The summed E-state index contributed by atoms with van der Waals surface area (Å²) < 4.78 is 0. The highest BCUT2D eigenvalue weighted by Crippen LogP contribution is 2.10. The van der Waals surface area contributed by atoms with Gasteiger partial charge >= 0.3 is 6.03 Å². The van der Waals surface area contributed by atoms with Crippen LogP contribution in [-0.2, 0) is 4.79 Å². The molecule has 2 aromatic rings. The number of amides is 3. The zero-order valence-corrected chi connectivity index (χ0v) is 15.1. The van der Waals surface area contributed by atoms with E-state index in [2.05, 4.69) is 16.2 Å². The van der Waals surface area contributed by atoms with Crippen LogP contribution >= 0.6 is 0 Å². The Bertz CT molecular complexity index is 908. The number of rotatable bonds is 5. The van der Waals surface area contributed by atoms with E-state index in [1.54, 1.807) is 59.7 Å². The third kappa shape index (κ3) is 5.31. The Balaban J connectivity index is 1.48. The molecule has 28 heavy (non-hydrogen) atoms. The SMILES string of the molecule is O=C(NNC(=O)C1=CC=CN(CC(=O)c2ccccc2)C1)Nc1ccccc1. The van der Waals surface area contributed by atoms with E-state index >= 15 is 0 Å². The number of ketones is 1. The van der Waals surface area contributed by atoms with E-state index in [9.17, 15) is 14.4 Å². The minimum atomic E-state index is -0.553. The first kappa shape index (κ1) is 18.9. The minimum Gasteiger partial charge on any atom is -0.365 e. The summed E-state index contributed by atoms with van der Waals surface area (Å²) in [6.07, 6.45) is 5.10. The normalized spacial score (nSPS) is 12.7. The molecule has 3 amide bonds. The Morgan fingerprint density at radius 3 is 2.29 bits per heavy atom. The lowest BCUT2D eigenvalue weighted by atomic mass is 10.1. The molecule has 0 atom stereocenters. The first-order valence-corrected chi connectivity index (χ1v) is 8.74. The summed E-state index contributed by atoms with van der Waals surface area (Å²) in [7, 11) is 0. The van der Waals surface area contributed by atoms with Crippen LogP contribution in [-0.4, -0.2) is 35.7 Å². The van der Waals surface area contributed by atoms with Gasteiger partial charge in [-0.2, -0.15) is 0 Å². The second kappa shape index (κ2) is 9.18. The van der Waals surface area contributed by atoms with Crippen molar-refractivity contribution in [1.82, 2.24) is 15.8 Å². The van der Waals surface area contributed by atoms with E-state index in [1.165, 1.54) is 0 Å². The van der Waals surface area contributed by atoms with Gasteiger partial charge in [-0.15, -0.1) is 0 Å². The number of para-hydroxylation sites is 1. The van der Waals surface area contributed by atoms with Crippen LogP contribution in [0.15, 0.2) is 84.6 Å². The summed E-state index contributed by atoms with van der Waals surface area (Å²) in [6.45, 7) is 0.427. The molecule has 0 saturated heterocycles. The van der Waals surface area contributed by atoms with Gasteiger partial charge in [-0.05, 0) is 24.4 Å². The lowest BCUT2D eigenvalue weighted by molar-refractivity contribution is -0.118. The molecule has 1 heterocycles. The topological polar surface area (TPSA) is 90.5 Å². The maximum atomic E-state index is 12.3. The van der Waals surface area contributed by atoms with Crippen LogP contribution in [0.25, 0.3) is 0 Å². The molecule has 3 N–H and O–H groups in total. The summed E-state index contributed by atoms with van der Waals surface area (Å²) in [4.78, 5) is 38.2. The third-order valence-corrected chi connectivity index (χ3v) is 4.02. The first-order valence-electron chi connectivity index (χ1n) is 8.74. The van der Waals surface area contributed by atoms with Crippen LogP contribution < -0.4 is 16.2 Å². The number of hydrogen-bond acceptors (Lipinski definition) is 4. The van der Waals surface area contributed by atoms with Crippen molar-refractivity contribution in [2.75, 3.05) is 18.4 Å². The number of carbonyl (C=O) groups excluding carboxylic acids is 3. The largest absolute Gasteiger partial charge is 0.365 e. The van der Waals surface area contributed by atoms with E-state index in [1.807, 2.05) is 24.3 Å². The van der Waals surface area contributed by atoms with Crippen LogP contribution in [0.5, 0.6) is 0 Å². The molecular formula is C21H20N4O3. The van der Waals surface area contributed by atoms with Crippen molar-refractivity contribution >= 4 is 23.4 Å². The molecule has 2 aromatic carbocycles. The molecule has 0 aromatic heterocycles. The predicted octanol–water partition coefficient (Wildman–Crippen LogP) is 2.48. The van der Waals surface area contributed by atoms with Gasteiger partial charge in [-0.25, -0.2) is 10.2 Å². The molecular weight excluding hydrogens is 356 g/mol. The van der Waals surface area contributed by atoms with E-state index in [-0.39, 0.29) is 18.9 Å². The summed E-state index contributed by atoms with van der Waals surface area (Å²) in [5.74, 6) is -0.475. The Morgan fingerprint density at radius 2 is 1.57 bits per heavy atom. The molecule has 0 bridgehead atoms. The quantitative estimate of drug-likeness (QED) is 0.552. The number of Topliss-reactive ketones (excluding diaryl/α,β-unsaturated/α-hetero) is 1. The van der Waals surface area contributed by atoms with Crippen molar-refractivity contribution in [2.45, 2.75) is 0 Å².